The number of sulfone groups is 1. The molecule has 4 amide bonds. The number of amides is 4. The zero-order valence-electron chi connectivity index (χ0n) is 28.9. The zero-order chi connectivity index (χ0) is 36.4. The van der Waals surface area contributed by atoms with E-state index in [0.29, 0.717) is 0 Å². The fourth-order valence-electron chi connectivity index (χ4n) is 6.35. The Labute approximate surface area is 287 Å². The highest BCUT2D eigenvalue weighted by atomic mass is 32.2. The standard InChI is InChI=1S/C36H43N5O7S/c1-8-39(35(45)46)30(18-36(4,5)6)33(43)38-32-23(3)41(31(42)21-49(7,47)48)29-17-24(19-37)14-16-28(29)40(34(32)44)20-27-22(2)13-15-25-11-9-10-12-26(25)27/h9-17,23,30,32H,8,18,20-21H2,1-7H3,(H,38,43)(H,45,46)/t23-,30-,32-/m0/s1. The fourth-order valence-corrected chi connectivity index (χ4v) is 6.94. The van der Waals surface area contributed by atoms with Crippen LogP contribution in [0.4, 0.5) is 16.2 Å². The molecule has 0 saturated heterocycles. The van der Waals surface area contributed by atoms with E-state index >= 15 is 0 Å². The van der Waals surface area contributed by atoms with Crippen molar-refractivity contribution < 1.29 is 32.7 Å². The minimum absolute atomic E-state index is 0.00545. The van der Waals surface area contributed by atoms with Crippen molar-refractivity contribution in [3.05, 3.63) is 71.3 Å². The number of fused-ring (bicyclic) bond motifs is 2. The molecule has 0 saturated carbocycles. The summed E-state index contributed by atoms with van der Waals surface area (Å²) in [6, 6.07) is 14.3. The van der Waals surface area contributed by atoms with E-state index in [-0.39, 0.29) is 36.4 Å². The van der Waals surface area contributed by atoms with Gasteiger partial charge in [0, 0.05) is 12.8 Å². The number of aryl methyl sites for hydroxylation is 1. The van der Waals surface area contributed by atoms with E-state index in [4.69, 9.17) is 0 Å². The van der Waals surface area contributed by atoms with Crippen LogP contribution in [-0.2, 0) is 30.8 Å². The Balaban J connectivity index is 1.95. The number of carboxylic acid groups (broad SMARTS) is 1. The molecule has 3 aromatic carbocycles. The molecule has 2 N–H and O–H groups in total. The number of anilines is 2. The lowest BCUT2D eigenvalue weighted by Crippen LogP contribution is -2.61. The molecule has 0 aliphatic carbocycles. The molecule has 49 heavy (non-hydrogen) atoms. The van der Waals surface area contributed by atoms with Gasteiger partial charge in [-0.3, -0.25) is 19.3 Å². The average Bonchev–Trinajstić information content (AvgIpc) is 3.08. The maximum Gasteiger partial charge on any atom is 0.407 e. The molecule has 4 rings (SSSR count). The summed E-state index contributed by atoms with van der Waals surface area (Å²) in [5, 5.41) is 24.4. The predicted molar refractivity (Wildman–Crippen MR) is 188 cm³/mol. The summed E-state index contributed by atoms with van der Waals surface area (Å²) < 4.78 is 24.8. The topological polar surface area (TPSA) is 168 Å². The van der Waals surface area contributed by atoms with Crippen molar-refractivity contribution >= 4 is 55.8 Å². The molecule has 3 aromatic rings. The van der Waals surface area contributed by atoms with Gasteiger partial charge >= 0.3 is 6.09 Å². The number of nitrogens with one attached hydrogen (secondary N) is 1. The minimum atomic E-state index is -3.84. The highest BCUT2D eigenvalue weighted by Gasteiger charge is 2.44. The van der Waals surface area contributed by atoms with Gasteiger partial charge in [-0.15, -0.1) is 0 Å². The van der Waals surface area contributed by atoms with Crippen LogP contribution in [0.5, 0.6) is 0 Å². The number of likely N-dealkylation sites (N-methyl/N-ethyl adjacent to an activating group) is 1. The van der Waals surface area contributed by atoms with E-state index in [0.717, 1.165) is 38.0 Å². The van der Waals surface area contributed by atoms with Gasteiger partial charge in [-0.1, -0.05) is 57.2 Å². The number of hydrogen-bond donors (Lipinski definition) is 2. The van der Waals surface area contributed by atoms with E-state index in [9.17, 15) is 38.0 Å². The molecular formula is C36H43N5O7S. The number of nitrogens with zero attached hydrogens (tertiary/aromatic N) is 4. The van der Waals surface area contributed by atoms with Crippen LogP contribution < -0.4 is 15.1 Å². The van der Waals surface area contributed by atoms with Gasteiger partial charge in [0.1, 0.15) is 17.8 Å². The third kappa shape index (κ3) is 8.20. The van der Waals surface area contributed by atoms with Crippen LogP contribution in [0, 0.1) is 23.7 Å². The molecule has 0 fully saturated rings. The first-order valence-corrected chi connectivity index (χ1v) is 18.1. The molecule has 0 unspecified atom stereocenters. The molecule has 0 aromatic heterocycles. The van der Waals surface area contributed by atoms with Crippen molar-refractivity contribution in [3.63, 3.8) is 0 Å². The SMILES string of the molecule is CCN(C(=O)O)[C@@H](CC(C)(C)C)C(=O)N[C@@H]1C(=O)N(Cc2c(C)ccc3ccccc23)c2ccc(C#N)cc2N(C(=O)CS(C)(=O)=O)[C@H]1C. The van der Waals surface area contributed by atoms with Gasteiger partial charge < -0.3 is 20.2 Å². The molecule has 1 aliphatic heterocycles. The molecule has 0 radical (unpaired) electrons. The number of carbonyl (C=O) groups excluding carboxylic acids is 3. The van der Waals surface area contributed by atoms with E-state index in [1.165, 1.54) is 30.0 Å². The van der Waals surface area contributed by atoms with Crippen molar-refractivity contribution in [1.29, 1.82) is 5.26 Å². The number of rotatable bonds is 9. The maximum atomic E-state index is 14.9. The normalized spacial score (nSPS) is 17.1. The Morgan fingerprint density at radius 3 is 2.35 bits per heavy atom. The summed E-state index contributed by atoms with van der Waals surface area (Å²) in [6.07, 6.45) is -0.251. The van der Waals surface area contributed by atoms with Crippen LogP contribution in [0.1, 0.15) is 57.7 Å². The molecule has 0 spiro atoms. The van der Waals surface area contributed by atoms with Gasteiger partial charge in [-0.2, -0.15) is 5.26 Å². The highest BCUT2D eigenvalue weighted by Crippen LogP contribution is 2.39. The second-order valence-corrected chi connectivity index (χ2v) is 15.9. The maximum absolute atomic E-state index is 14.9. The Morgan fingerprint density at radius 2 is 1.76 bits per heavy atom. The number of benzene rings is 3. The van der Waals surface area contributed by atoms with Crippen LogP contribution in [0.25, 0.3) is 10.8 Å². The molecule has 1 aliphatic rings. The predicted octanol–water partition coefficient (Wildman–Crippen LogP) is 4.62. The number of carbonyl (C=O) groups is 4. The Bertz CT molecular complexity index is 1950. The van der Waals surface area contributed by atoms with Crippen LogP contribution >= 0.6 is 0 Å². The Kier molecular flexibility index (Phi) is 10.7. The van der Waals surface area contributed by atoms with E-state index in [1.807, 2.05) is 70.2 Å². The lowest BCUT2D eigenvalue weighted by molar-refractivity contribution is -0.132. The van der Waals surface area contributed by atoms with Gasteiger partial charge in [-0.05, 0) is 72.7 Å². The van der Waals surface area contributed by atoms with Crippen LogP contribution in [0.2, 0.25) is 0 Å². The molecule has 3 atom stereocenters. The lowest BCUT2D eigenvalue weighted by atomic mass is 9.87. The summed E-state index contributed by atoms with van der Waals surface area (Å²) in [4.78, 5) is 58.7. The minimum Gasteiger partial charge on any atom is -0.465 e. The second kappa shape index (κ2) is 14.3. The highest BCUT2D eigenvalue weighted by molar-refractivity contribution is 7.91. The first-order chi connectivity index (χ1) is 22.9. The van der Waals surface area contributed by atoms with Crippen LogP contribution in [0.3, 0.4) is 0 Å². The van der Waals surface area contributed by atoms with Crippen molar-refractivity contribution in [3.8, 4) is 6.07 Å². The molecule has 0 bridgehead atoms. The molecule has 13 heteroatoms. The lowest BCUT2D eigenvalue weighted by Gasteiger charge is -2.36. The van der Waals surface area contributed by atoms with Crippen LogP contribution in [-0.4, -0.2) is 78.9 Å². The second-order valence-electron chi connectivity index (χ2n) is 13.7. The average molecular weight is 690 g/mol. The van der Waals surface area contributed by atoms with Gasteiger partial charge in [0.25, 0.3) is 5.91 Å². The first kappa shape index (κ1) is 36.9. The van der Waals surface area contributed by atoms with Gasteiger partial charge in [0.15, 0.2) is 9.84 Å². The fraction of sp³-hybridized carbons (Fsp3) is 0.417. The number of hydrogen-bond acceptors (Lipinski definition) is 7. The summed E-state index contributed by atoms with van der Waals surface area (Å²) in [5.74, 6) is -3.07. The summed E-state index contributed by atoms with van der Waals surface area (Å²) in [5.41, 5.74) is 1.76. The smallest absolute Gasteiger partial charge is 0.407 e. The van der Waals surface area contributed by atoms with Crippen molar-refractivity contribution in [2.75, 3.05) is 28.4 Å². The monoisotopic (exact) mass is 689 g/mol. The largest absolute Gasteiger partial charge is 0.465 e. The summed E-state index contributed by atoms with van der Waals surface area (Å²) >= 11 is 0. The van der Waals surface area contributed by atoms with Crippen molar-refractivity contribution in [2.45, 2.75) is 72.6 Å². The zero-order valence-corrected chi connectivity index (χ0v) is 29.7. The molecule has 1 heterocycles. The van der Waals surface area contributed by atoms with E-state index < -0.39 is 62.9 Å². The van der Waals surface area contributed by atoms with Crippen LogP contribution in [0.15, 0.2) is 54.6 Å². The van der Waals surface area contributed by atoms with Crippen molar-refractivity contribution in [1.82, 2.24) is 10.2 Å². The van der Waals surface area contributed by atoms with Crippen molar-refractivity contribution in [2.24, 2.45) is 5.41 Å². The summed E-state index contributed by atoms with van der Waals surface area (Å²) in [7, 11) is -3.84. The summed E-state index contributed by atoms with van der Waals surface area (Å²) in [6.45, 7) is 10.7. The third-order valence-corrected chi connectivity index (χ3v) is 9.46. The Morgan fingerprint density at radius 1 is 1.08 bits per heavy atom. The van der Waals surface area contributed by atoms with E-state index in [2.05, 4.69) is 5.32 Å². The molecule has 12 nitrogen and oxygen atoms in total. The number of nitriles is 1. The van der Waals surface area contributed by atoms with Gasteiger partial charge in [-0.25, -0.2) is 13.2 Å². The van der Waals surface area contributed by atoms with E-state index in [1.54, 1.807) is 6.92 Å². The van der Waals surface area contributed by atoms with Gasteiger partial charge in [0.2, 0.25) is 11.8 Å². The van der Waals surface area contributed by atoms with Gasteiger partial charge in [0.05, 0.1) is 35.6 Å². The molecular weight excluding hydrogens is 646 g/mol. The molecule has 260 valence electrons. The quantitative estimate of drug-likeness (QED) is 0.328. The Hall–Kier alpha value is -4.96. The first-order valence-electron chi connectivity index (χ1n) is 16.0. The third-order valence-electron chi connectivity index (χ3n) is 8.69.